The van der Waals surface area contributed by atoms with E-state index < -0.39 is 17.7 Å². The van der Waals surface area contributed by atoms with E-state index in [1.807, 2.05) is 6.07 Å². The van der Waals surface area contributed by atoms with Crippen LogP contribution in [0.25, 0.3) is 0 Å². The third-order valence-corrected chi connectivity index (χ3v) is 3.71. The van der Waals surface area contributed by atoms with Crippen molar-refractivity contribution in [2.45, 2.75) is 13.0 Å². The van der Waals surface area contributed by atoms with Crippen molar-refractivity contribution in [2.75, 3.05) is 0 Å². The molecule has 5 heteroatoms. The smallest absolute Gasteiger partial charge is 0.134 e. The number of nitrogens with one attached hydrogen (secondary N) is 1. The summed E-state index contributed by atoms with van der Waals surface area (Å²) in [6.45, 7) is 1.59. The van der Waals surface area contributed by atoms with Gasteiger partial charge in [-0.25, -0.2) is 14.2 Å². The zero-order valence-corrected chi connectivity index (χ0v) is 11.8. The normalized spacial score (nSPS) is 12.5. The number of halogens is 3. The number of hydrazine groups is 1. The summed E-state index contributed by atoms with van der Waals surface area (Å²) < 4.78 is 28.8. The highest BCUT2D eigenvalue weighted by molar-refractivity contribution is 9.10. The maximum absolute atomic E-state index is 14.2. The van der Waals surface area contributed by atoms with Crippen LogP contribution in [0.3, 0.4) is 0 Å². The van der Waals surface area contributed by atoms with Crippen molar-refractivity contribution in [1.29, 1.82) is 0 Å². The Morgan fingerprint density at radius 2 is 1.84 bits per heavy atom. The summed E-state index contributed by atoms with van der Waals surface area (Å²) in [6.07, 6.45) is 0. The Bertz CT molecular complexity index is 602. The summed E-state index contributed by atoms with van der Waals surface area (Å²) in [6, 6.07) is 9.06. The second kappa shape index (κ2) is 5.77. The predicted octanol–water partition coefficient (Wildman–Crippen LogP) is 3.59. The molecule has 2 aromatic carbocycles. The first-order valence-corrected chi connectivity index (χ1v) is 6.50. The minimum absolute atomic E-state index is 0.0746. The molecule has 0 aromatic heterocycles. The fraction of sp³-hybridized carbons (Fsp3) is 0.143. The molecule has 19 heavy (non-hydrogen) atoms. The minimum atomic E-state index is -0.754. The van der Waals surface area contributed by atoms with Gasteiger partial charge in [-0.3, -0.25) is 5.84 Å². The van der Waals surface area contributed by atoms with Gasteiger partial charge in [0, 0.05) is 10.0 Å². The Kier molecular flexibility index (Phi) is 4.29. The summed E-state index contributed by atoms with van der Waals surface area (Å²) in [5.41, 5.74) is 3.45. The molecule has 0 saturated carbocycles. The van der Waals surface area contributed by atoms with Crippen molar-refractivity contribution in [1.82, 2.24) is 5.43 Å². The van der Waals surface area contributed by atoms with Gasteiger partial charge in [0.1, 0.15) is 11.6 Å². The van der Waals surface area contributed by atoms with Crippen LogP contribution in [0, 0.1) is 18.6 Å². The fourth-order valence-electron chi connectivity index (χ4n) is 1.98. The van der Waals surface area contributed by atoms with E-state index in [9.17, 15) is 8.78 Å². The van der Waals surface area contributed by atoms with Crippen molar-refractivity contribution in [3.63, 3.8) is 0 Å². The summed E-state index contributed by atoms with van der Waals surface area (Å²) in [4.78, 5) is 0. The molecule has 0 aliphatic rings. The highest BCUT2D eigenvalue weighted by atomic mass is 79.9. The zero-order valence-electron chi connectivity index (χ0n) is 10.3. The zero-order chi connectivity index (χ0) is 14.0. The molecule has 0 bridgehead atoms. The first-order chi connectivity index (χ1) is 9.06. The van der Waals surface area contributed by atoms with Gasteiger partial charge in [-0.05, 0) is 30.2 Å². The van der Waals surface area contributed by atoms with Gasteiger partial charge in [0.15, 0.2) is 0 Å². The van der Waals surface area contributed by atoms with E-state index in [0.717, 1.165) is 4.47 Å². The third kappa shape index (κ3) is 2.68. The van der Waals surface area contributed by atoms with Crippen LogP contribution in [0.15, 0.2) is 40.9 Å². The third-order valence-electron chi connectivity index (χ3n) is 2.99. The van der Waals surface area contributed by atoms with Crippen LogP contribution in [0.2, 0.25) is 0 Å². The number of nitrogens with two attached hydrogens (primary N) is 1. The van der Waals surface area contributed by atoms with Crippen LogP contribution >= 0.6 is 15.9 Å². The summed E-state index contributed by atoms with van der Waals surface area (Å²) in [5.74, 6) is 4.28. The largest absolute Gasteiger partial charge is 0.271 e. The van der Waals surface area contributed by atoms with E-state index >= 15 is 0 Å². The van der Waals surface area contributed by atoms with Crippen molar-refractivity contribution in [2.24, 2.45) is 5.84 Å². The van der Waals surface area contributed by atoms with E-state index in [4.69, 9.17) is 5.84 Å². The van der Waals surface area contributed by atoms with Crippen molar-refractivity contribution in [3.8, 4) is 0 Å². The average Bonchev–Trinajstić information content (AvgIpc) is 2.40. The molecule has 0 spiro atoms. The van der Waals surface area contributed by atoms with Crippen LogP contribution in [-0.2, 0) is 0 Å². The van der Waals surface area contributed by atoms with E-state index in [-0.39, 0.29) is 5.56 Å². The molecule has 2 aromatic rings. The Labute approximate surface area is 118 Å². The topological polar surface area (TPSA) is 38.0 Å². The van der Waals surface area contributed by atoms with Gasteiger partial charge in [-0.15, -0.1) is 0 Å². The van der Waals surface area contributed by atoms with Gasteiger partial charge in [0.05, 0.1) is 6.04 Å². The van der Waals surface area contributed by atoms with Gasteiger partial charge < -0.3 is 0 Å². The molecular weight excluding hydrogens is 314 g/mol. The molecule has 0 aliphatic heterocycles. The summed E-state index contributed by atoms with van der Waals surface area (Å²) >= 11 is 3.36. The Hall–Kier alpha value is -1.30. The lowest BCUT2D eigenvalue weighted by molar-refractivity contribution is 0.506. The minimum Gasteiger partial charge on any atom is -0.271 e. The van der Waals surface area contributed by atoms with Crippen LogP contribution in [0.5, 0.6) is 0 Å². The molecule has 1 unspecified atom stereocenters. The molecule has 0 heterocycles. The van der Waals surface area contributed by atoms with E-state index in [1.54, 1.807) is 25.1 Å². The lowest BCUT2D eigenvalue weighted by Gasteiger charge is -2.20. The molecule has 0 radical (unpaired) electrons. The van der Waals surface area contributed by atoms with Gasteiger partial charge in [0.25, 0.3) is 0 Å². The molecule has 0 aliphatic carbocycles. The number of hydrogen-bond donors (Lipinski definition) is 2. The second-order valence-electron chi connectivity index (χ2n) is 4.21. The Balaban J connectivity index is 2.61. The number of benzene rings is 2. The average molecular weight is 327 g/mol. The van der Waals surface area contributed by atoms with Crippen LogP contribution < -0.4 is 11.3 Å². The van der Waals surface area contributed by atoms with Gasteiger partial charge >= 0.3 is 0 Å². The Morgan fingerprint density at radius 1 is 1.16 bits per heavy atom. The maximum Gasteiger partial charge on any atom is 0.134 e. The summed E-state index contributed by atoms with van der Waals surface area (Å²) in [5, 5.41) is 0. The van der Waals surface area contributed by atoms with E-state index in [0.29, 0.717) is 11.1 Å². The second-order valence-corrected chi connectivity index (χ2v) is 5.07. The van der Waals surface area contributed by atoms with Crippen LogP contribution in [0.1, 0.15) is 22.7 Å². The predicted molar refractivity (Wildman–Crippen MR) is 74.4 cm³/mol. The fourth-order valence-corrected chi connectivity index (χ4v) is 2.49. The first-order valence-electron chi connectivity index (χ1n) is 5.71. The standard InChI is InChI=1S/C14H13BrF2N2/c1-8-6-7-11(16)12(13(8)17)14(19-18)9-4-2-3-5-10(9)15/h2-7,14,19H,18H2,1H3. The molecule has 0 amide bonds. The first kappa shape index (κ1) is 14.1. The molecule has 1 atom stereocenters. The lowest BCUT2D eigenvalue weighted by atomic mass is 9.96. The molecule has 2 nitrogen and oxygen atoms in total. The number of rotatable bonds is 3. The SMILES string of the molecule is Cc1ccc(F)c(C(NN)c2ccccc2Br)c1F. The number of hydrogen-bond acceptors (Lipinski definition) is 2. The van der Waals surface area contributed by atoms with E-state index in [2.05, 4.69) is 21.4 Å². The van der Waals surface area contributed by atoms with Gasteiger partial charge in [-0.2, -0.15) is 0 Å². The van der Waals surface area contributed by atoms with Crippen molar-refractivity contribution >= 4 is 15.9 Å². The van der Waals surface area contributed by atoms with Crippen molar-refractivity contribution < 1.29 is 8.78 Å². The van der Waals surface area contributed by atoms with Gasteiger partial charge in [-0.1, -0.05) is 40.2 Å². The molecule has 2 rings (SSSR count). The summed E-state index contributed by atoms with van der Waals surface area (Å²) in [7, 11) is 0. The number of aryl methyl sites for hydroxylation is 1. The van der Waals surface area contributed by atoms with E-state index in [1.165, 1.54) is 12.1 Å². The van der Waals surface area contributed by atoms with Crippen LogP contribution in [-0.4, -0.2) is 0 Å². The molecule has 100 valence electrons. The van der Waals surface area contributed by atoms with Crippen LogP contribution in [0.4, 0.5) is 8.78 Å². The monoisotopic (exact) mass is 326 g/mol. The highest BCUT2D eigenvalue weighted by Gasteiger charge is 2.23. The lowest BCUT2D eigenvalue weighted by Crippen LogP contribution is -2.30. The molecule has 0 fully saturated rings. The molecule has 3 N–H and O–H groups in total. The van der Waals surface area contributed by atoms with Crippen molar-refractivity contribution in [3.05, 3.63) is 69.2 Å². The maximum atomic E-state index is 14.2. The molecular formula is C14H13BrF2N2. The Morgan fingerprint density at radius 3 is 2.47 bits per heavy atom. The molecule has 0 saturated heterocycles. The quantitative estimate of drug-likeness (QED) is 0.668. The van der Waals surface area contributed by atoms with Gasteiger partial charge in [0.2, 0.25) is 0 Å². The highest BCUT2D eigenvalue weighted by Crippen LogP contribution is 2.31.